The summed E-state index contributed by atoms with van der Waals surface area (Å²) in [5, 5.41) is 0. The van der Waals surface area contributed by atoms with Crippen molar-refractivity contribution in [3.63, 3.8) is 0 Å². The zero-order valence-corrected chi connectivity index (χ0v) is 17.9. The fourth-order valence-corrected chi connectivity index (χ4v) is 3.56. The van der Waals surface area contributed by atoms with Crippen molar-refractivity contribution in [2.45, 2.75) is 13.3 Å². The number of para-hydroxylation sites is 1. The molecule has 8 nitrogen and oxygen atoms in total. The molecule has 8 heteroatoms. The molecule has 0 spiro atoms. The van der Waals surface area contributed by atoms with E-state index >= 15 is 0 Å². The summed E-state index contributed by atoms with van der Waals surface area (Å²) >= 11 is 0. The normalized spacial score (nSPS) is 15.4. The first-order valence-corrected chi connectivity index (χ1v) is 10.3. The van der Waals surface area contributed by atoms with Gasteiger partial charge in [0.25, 0.3) is 0 Å². The summed E-state index contributed by atoms with van der Waals surface area (Å²) in [6, 6.07) is 16.4. The summed E-state index contributed by atoms with van der Waals surface area (Å²) in [6.07, 6.45) is 1.40. The van der Waals surface area contributed by atoms with Gasteiger partial charge in [0.05, 0.1) is 12.2 Å². The lowest BCUT2D eigenvalue weighted by Crippen LogP contribution is -2.27. The minimum Gasteiger partial charge on any atom is -0.457 e. The number of nitrogens with zero attached hydrogens (tertiary/aromatic N) is 1. The van der Waals surface area contributed by atoms with Crippen molar-refractivity contribution in [3.05, 3.63) is 83.8 Å². The Morgan fingerprint density at radius 1 is 1.03 bits per heavy atom. The van der Waals surface area contributed by atoms with E-state index in [2.05, 4.69) is 0 Å². The van der Waals surface area contributed by atoms with Gasteiger partial charge in [-0.15, -0.1) is 0 Å². The average Bonchev–Trinajstić information content (AvgIpc) is 3.48. The molecule has 168 valence electrons. The van der Waals surface area contributed by atoms with Gasteiger partial charge in [0.2, 0.25) is 11.7 Å². The highest BCUT2D eigenvalue weighted by atomic mass is 16.5. The summed E-state index contributed by atoms with van der Waals surface area (Å²) in [5.41, 5.74) is 2.00. The fraction of sp³-hybridized carbons (Fsp3) is 0.200. The van der Waals surface area contributed by atoms with Gasteiger partial charge < -0.3 is 18.8 Å². The van der Waals surface area contributed by atoms with Gasteiger partial charge in [-0.25, -0.2) is 4.79 Å². The highest BCUT2D eigenvalue weighted by Gasteiger charge is 2.36. The molecule has 1 aliphatic heterocycles. The lowest BCUT2D eigenvalue weighted by atomic mass is 10.1. The first-order valence-electron chi connectivity index (χ1n) is 10.3. The molecule has 0 radical (unpaired) electrons. The van der Waals surface area contributed by atoms with E-state index in [0.717, 1.165) is 11.3 Å². The Kier molecular flexibility index (Phi) is 6.35. The van der Waals surface area contributed by atoms with Crippen molar-refractivity contribution in [1.82, 2.24) is 0 Å². The molecular formula is C25H21NO7. The van der Waals surface area contributed by atoms with E-state index in [1.807, 2.05) is 31.2 Å². The molecule has 2 aromatic carbocycles. The van der Waals surface area contributed by atoms with Gasteiger partial charge >= 0.3 is 11.9 Å². The number of hydrogen-bond acceptors (Lipinski definition) is 7. The van der Waals surface area contributed by atoms with Gasteiger partial charge in [0.15, 0.2) is 12.4 Å². The molecule has 1 atom stereocenters. The Hall–Kier alpha value is -4.20. The molecule has 33 heavy (non-hydrogen) atoms. The minimum atomic E-state index is -0.654. The van der Waals surface area contributed by atoms with Crippen LogP contribution in [0.4, 0.5) is 5.69 Å². The van der Waals surface area contributed by atoms with Crippen molar-refractivity contribution in [1.29, 1.82) is 0 Å². The van der Waals surface area contributed by atoms with Crippen molar-refractivity contribution in [2.24, 2.45) is 5.92 Å². The summed E-state index contributed by atoms with van der Waals surface area (Å²) in [5.74, 6) is -2.13. The molecule has 4 rings (SSSR count). The molecule has 1 amide bonds. The fourth-order valence-electron chi connectivity index (χ4n) is 3.56. The first-order chi connectivity index (χ1) is 15.9. The van der Waals surface area contributed by atoms with Crippen molar-refractivity contribution in [2.75, 3.05) is 18.1 Å². The number of Topliss-reactive ketones (excluding diaryl/α,β-unsaturated/α-hetero) is 1. The number of rotatable bonds is 7. The molecule has 1 fully saturated rings. The van der Waals surface area contributed by atoms with E-state index in [4.69, 9.17) is 13.9 Å². The summed E-state index contributed by atoms with van der Waals surface area (Å²) in [7, 11) is 0. The van der Waals surface area contributed by atoms with Crippen LogP contribution in [0.3, 0.4) is 0 Å². The van der Waals surface area contributed by atoms with Gasteiger partial charge in [0, 0.05) is 24.2 Å². The van der Waals surface area contributed by atoms with Crippen LogP contribution in [0, 0.1) is 12.8 Å². The molecule has 1 aliphatic rings. The zero-order valence-electron chi connectivity index (χ0n) is 17.9. The molecule has 0 saturated carbocycles. The van der Waals surface area contributed by atoms with Crippen LogP contribution in [-0.2, 0) is 14.3 Å². The molecule has 2 heterocycles. The SMILES string of the molecule is Cc1ccccc1N1C[C@H](C(=O)OCC(=O)c2ccc(OC(=O)c3ccco3)cc2)CC1=O. The third-order valence-electron chi connectivity index (χ3n) is 5.32. The molecule has 0 bridgehead atoms. The van der Waals surface area contributed by atoms with Crippen LogP contribution >= 0.6 is 0 Å². The van der Waals surface area contributed by atoms with E-state index in [1.54, 1.807) is 11.0 Å². The van der Waals surface area contributed by atoms with Crippen LogP contribution in [0.15, 0.2) is 71.3 Å². The Bertz CT molecular complexity index is 1180. The molecule has 1 saturated heterocycles. The van der Waals surface area contributed by atoms with Gasteiger partial charge in [-0.05, 0) is 55.0 Å². The predicted molar refractivity (Wildman–Crippen MR) is 117 cm³/mol. The Morgan fingerprint density at radius 3 is 2.48 bits per heavy atom. The van der Waals surface area contributed by atoms with E-state index in [9.17, 15) is 19.2 Å². The quantitative estimate of drug-likeness (QED) is 0.310. The zero-order chi connectivity index (χ0) is 23.4. The second kappa shape index (κ2) is 9.52. The summed E-state index contributed by atoms with van der Waals surface area (Å²) in [4.78, 5) is 50.7. The molecule has 0 aliphatic carbocycles. The number of carbonyl (C=O) groups excluding carboxylic acids is 4. The average molecular weight is 447 g/mol. The second-order valence-corrected chi connectivity index (χ2v) is 7.61. The minimum absolute atomic E-state index is 0.0388. The smallest absolute Gasteiger partial charge is 0.379 e. The number of esters is 2. The largest absolute Gasteiger partial charge is 0.457 e. The van der Waals surface area contributed by atoms with Crippen molar-refractivity contribution in [3.8, 4) is 5.75 Å². The maximum absolute atomic E-state index is 12.5. The number of amides is 1. The molecular weight excluding hydrogens is 426 g/mol. The topological polar surface area (TPSA) is 103 Å². The highest BCUT2D eigenvalue weighted by molar-refractivity contribution is 6.01. The predicted octanol–water partition coefficient (Wildman–Crippen LogP) is 3.59. The standard InChI is InChI=1S/C25H21NO7/c1-16-5-2-3-6-20(16)26-14-18(13-23(26)28)24(29)32-15-21(27)17-8-10-19(11-9-17)33-25(30)22-7-4-12-31-22/h2-12,18H,13-15H2,1H3/t18-/m1/s1. The maximum atomic E-state index is 12.5. The Morgan fingerprint density at radius 2 is 1.79 bits per heavy atom. The van der Waals surface area contributed by atoms with Gasteiger partial charge in [-0.2, -0.15) is 0 Å². The van der Waals surface area contributed by atoms with Gasteiger partial charge in [-0.1, -0.05) is 18.2 Å². The molecule has 3 aromatic rings. The molecule has 0 N–H and O–H groups in total. The number of ketones is 1. The lowest BCUT2D eigenvalue weighted by molar-refractivity contribution is -0.147. The summed E-state index contributed by atoms with van der Waals surface area (Å²) < 4.78 is 15.3. The van der Waals surface area contributed by atoms with E-state index < -0.39 is 30.2 Å². The third-order valence-corrected chi connectivity index (χ3v) is 5.32. The number of ether oxygens (including phenoxy) is 2. The van der Waals surface area contributed by atoms with Crippen LogP contribution in [0.25, 0.3) is 0 Å². The monoisotopic (exact) mass is 447 g/mol. The van der Waals surface area contributed by atoms with Crippen LogP contribution in [0.5, 0.6) is 5.75 Å². The second-order valence-electron chi connectivity index (χ2n) is 7.61. The van der Waals surface area contributed by atoms with Crippen LogP contribution < -0.4 is 9.64 Å². The molecule has 0 unspecified atom stereocenters. The van der Waals surface area contributed by atoms with E-state index in [0.29, 0.717) is 5.56 Å². The first kappa shape index (κ1) is 22.0. The highest BCUT2D eigenvalue weighted by Crippen LogP contribution is 2.28. The number of furan rings is 1. The Labute approximate surface area is 189 Å². The number of anilines is 1. The van der Waals surface area contributed by atoms with Gasteiger partial charge in [0.1, 0.15) is 5.75 Å². The van der Waals surface area contributed by atoms with Crippen molar-refractivity contribution >= 4 is 29.3 Å². The Balaban J connectivity index is 1.29. The van der Waals surface area contributed by atoms with E-state index in [1.165, 1.54) is 36.6 Å². The van der Waals surface area contributed by atoms with Crippen LogP contribution in [-0.4, -0.2) is 36.8 Å². The maximum Gasteiger partial charge on any atom is 0.379 e. The number of benzene rings is 2. The number of hydrogen-bond donors (Lipinski definition) is 0. The summed E-state index contributed by atoms with van der Waals surface area (Å²) in [6.45, 7) is 1.67. The molecule has 1 aromatic heterocycles. The van der Waals surface area contributed by atoms with Crippen LogP contribution in [0.1, 0.15) is 32.9 Å². The van der Waals surface area contributed by atoms with Crippen molar-refractivity contribution < 1.29 is 33.1 Å². The van der Waals surface area contributed by atoms with Crippen LogP contribution in [0.2, 0.25) is 0 Å². The third kappa shape index (κ3) is 5.01. The number of carbonyl (C=O) groups is 4. The van der Waals surface area contributed by atoms with Gasteiger partial charge in [-0.3, -0.25) is 14.4 Å². The van der Waals surface area contributed by atoms with E-state index in [-0.39, 0.29) is 30.4 Å². The number of aryl methyl sites for hydroxylation is 1. The lowest BCUT2D eigenvalue weighted by Gasteiger charge is -2.18.